The molecule has 1 aliphatic rings. The number of ether oxygens (including phenoxy) is 3. The quantitative estimate of drug-likeness (QED) is 0.744. The summed E-state index contributed by atoms with van der Waals surface area (Å²) in [4.78, 5) is -0.0212. The highest BCUT2D eigenvalue weighted by molar-refractivity contribution is 9.09. The maximum absolute atomic E-state index is 6.31. The molecule has 1 saturated heterocycles. The summed E-state index contributed by atoms with van der Waals surface area (Å²) >= 11 is 3.69. The highest BCUT2D eigenvalue weighted by atomic mass is 79.9. The zero-order valence-electron chi connectivity index (χ0n) is 13.3. The fraction of sp³-hybridized carbons (Fsp3) is 0.444. The third kappa shape index (κ3) is 2.34. The second kappa shape index (κ2) is 5.84. The maximum atomic E-state index is 6.31. The summed E-state index contributed by atoms with van der Waals surface area (Å²) in [6, 6.07) is 12.3. The van der Waals surface area contributed by atoms with Crippen molar-refractivity contribution in [3.8, 4) is 5.75 Å². The van der Waals surface area contributed by atoms with E-state index in [1.165, 1.54) is 0 Å². The predicted octanol–water partition coefficient (Wildman–Crippen LogP) is 4.61. The van der Waals surface area contributed by atoms with Crippen molar-refractivity contribution >= 4 is 26.7 Å². The van der Waals surface area contributed by atoms with Crippen LogP contribution in [0.4, 0.5) is 0 Å². The van der Waals surface area contributed by atoms with E-state index < -0.39 is 5.79 Å². The van der Waals surface area contributed by atoms with E-state index in [2.05, 4.69) is 34.1 Å². The molecule has 0 radical (unpaired) electrons. The Morgan fingerprint density at radius 3 is 2.32 bits per heavy atom. The Bertz CT molecular complexity index is 673. The molecule has 0 spiro atoms. The Kier molecular flexibility index (Phi) is 4.19. The van der Waals surface area contributed by atoms with Gasteiger partial charge in [0.25, 0.3) is 0 Å². The molecule has 3 rings (SSSR count). The van der Waals surface area contributed by atoms with E-state index >= 15 is 0 Å². The summed E-state index contributed by atoms with van der Waals surface area (Å²) < 4.78 is 18.3. The third-order valence-electron chi connectivity index (χ3n) is 4.37. The van der Waals surface area contributed by atoms with Crippen LogP contribution in [-0.4, -0.2) is 24.1 Å². The van der Waals surface area contributed by atoms with Crippen molar-refractivity contribution in [1.29, 1.82) is 0 Å². The Morgan fingerprint density at radius 1 is 1.09 bits per heavy atom. The van der Waals surface area contributed by atoms with Gasteiger partial charge in [-0.1, -0.05) is 46.3 Å². The van der Waals surface area contributed by atoms with Gasteiger partial charge in [-0.2, -0.15) is 0 Å². The molecule has 2 aromatic carbocycles. The van der Waals surface area contributed by atoms with Crippen LogP contribution in [0, 0.1) is 0 Å². The lowest BCUT2D eigenvalue weighted by atomic mass is 9.94. The zero-order chi connectivity index (χ0) is 15.9. The van der Waals surface area contributed by atoms with Crippen molar-refractivity contribution < 1.29 is 14.2 Å². The highest BCUT2D eigenvalue weighted by Gasteiger charge is 2.51. The number of rotatable bonds is 3. The van der Waals surface area contributed by atoms with Crippen LogP contribution in [0.25, 0.3) is 10.8 Å². The summed E-state index contributed by atoms with van der Waals surface area (Å²) in [5.41, 5.74) is 0.952. The van der Waals surface area contributed by atoms with Crippen molar-refractivity contribution in [3.63, 3.8) is 0 Å². The first-order chi connectivity index (χ1) is 10.5. The Morgan fingerprint density at radius 2 is 1.73 bits per heavy atom. The van der Waals surface area contributed by atoms with E-state index in [-0.39, 0.29) is 17.0 Å². The molecule has 1 aliphatic heterocycles. The first-order valence-electron chi connectivity index (χ1n) is 7.55. The van der Waals surface area contributed by atoms with Gasteiger partial charge in [0.1, 0.15) is 5.75 Å². The van der Waals surface area contributed by atoms with Gasteiger partial charge in [0, 0.05) is 0 Å². The molecule has 3 atom stereocenters. The lowest BCUT2D eigenvalue weighted by Gasteiger charge is -2.33. The van der Waals surface area contributed by atoms with Crippen LogP contribution in [0.15, 0.2) is 36.4 Å². The summed E-state index contributed by atoms with van der Waals surface area (Å²) in [5.74, 6) is -0.0725. The van der Waals surface area contributed by atoms with Gasteiger partial charge >= 0.3 is 0 Å². The average molecular weight is 365 g/mol. The highest BCUT2D eigenvalue weighted by Crippen LogP contribution is 2.48. The van der Waals surface area contributed by atoms with E-state index in [0.717, 1.165) is 22.1 Å². The van der Waals surface area contributed by atoms with E-state index in [4.69, 9.17) is 14.2 Å². The fourth-order valence-corrected chi connectivity index (χ4v) is 3.50. The van der Waals surface area contributed by atoms with Crippen molar-refractivity contribution in [2.24, 2.45) is 0 Å². The van der Waals surface area contributed by atoms with Gasteiger partial charge < -0.3 is 14.2 Å². The Hall–Kier alpha value is -1.10. The van der Waals surface area contributed by atoms with Gasteiger partial charge in [-0.05, 0) is 37.6 Å². The summed E-state index contributed by atoms with van der Waals surface area (Å²) in [6.07, 6.45) is 0.0346. The number of benzene rings is 2. The van der Waals surface area contributed by atoms with Crippen LogP contribution in [0.5, 0.6) is 5.75 Å². The number of alkyl halides is 1. The molecule has 0 N–H and O–H groups in total. The minimum Gasteiger partial charge on any atom is -0.496 e. The summed E-state index contributed by atoms with van der Waals surface area (Å²) in [6.45, 7) is 6.13. The predicted molar refractivity (Wildman–Crippen MR) is 91.7 cm³/mol. The summed E-state index contributed by atoms with van der Waals surface area (Å²) in [7, 11) is 1.68. The SMILES string of the molecule is COc1ccc2ccccc2c1C1(C(C)Br)OC(C)C(C)O1. The van der Waals surface area contributed by atoms with Crippen molar-refractivity contribution in [3.05, 3.63) is 42.0 Å². The first-order valence-corrected chi connectivity index (χ1v) is 8.47. The first kappa shape index (κ1) is 15.8. The summed E-state index contributed by atoms with van der Waals surface area (Å²) in [5, 5.41) is 2.24. The molecule has 1 heterocycles. The van der Waals surface area contributed by atoms with Crippen LogP contribution < -0.4 is 4.74 Å². The monoisotopic (exact) mass is 364 g/mol. The van der Waals surface area contributed by atoms with Crippen LogP contribution >= 0.6 is 15.9 Å². The minimum absolute atomic E-state index is 0.0173. The second-order valence-electron chi connectivity index (χ2n) is 5.79. The zero-order valence-corrected chi connectivity index (χ0v) is 14.9. The van der Waals surface area contributed by atoms with Gasteiger partial charge in [-0.3, -0.25) is 0 Å². The molecule has 4 heteroatoms. The Labute approximate surface area is 139 Å². The molecule has 118 valence electrons. The second-order valence-corrected chi connectivity index (χ2v) is 7.17. The molecule has 0 aliphatic carbocycles. The van der Waals surface area contributed by atoms with Crippen LogP contribution in [-0.2, 0) is 15.3 Å². The molecule has 1 fully saturated rings. The third-order valence-corrected chi connectivity index (χ3v) is 4.97. The number of hydrogen-bond donors (Lipinski definition) is 0. The average Bonchev–Trinajstić information content (AvgIpc) is 2.82. The molecule has 0 bridgehead atoms. The molecule has 2 aromatic rings. The minimum atomic E-state index is -0.856. The van der Waals surface area contributed by atoms with Crippen molar-refractivity contribution in [2.45, 2.75) is 43.6 Å². The van der Waals surface area contributed by atoms with E-state index in [1.54, 1.807) is 7.11 Å². The van der Waals surface area contributed by atoms with Gasteiger partial charge in [0.2, 0.25) is 5.79 Å². The standard InChI is InChI=1S/C18H21BrO3/c1-11-12(2)22-18(21-11,13(3)19)17-15-8-6-5-7-14(15)9-10-16(17)20-4/h5-13H,1-4H3. The molecule has 3 unspecified atom stereocenters. The molecule has 22 heavy (non-hydrogen) atoms. The van der Waals surface area contributed by atoms with Gasteiger partial charge in [-0.15, -0.1) is 0 Å². The Balaban J connectivity index is 2.30. The lowest BCUT2D eigenvalue weighted by Crippen LogP contribution is -2.37. The van der Waals surface area contributed by atoms with Crippen molar-refractivity contribution in [2.75, 3.05) is 7.11 Å². The van der Waals surface area contributed by atoms with Crippen LogP contribution in [0.3, 0.4) is 0 Å². The van der Waals surface area contributed by atoms with Gasteiger partial charge in [-0.25, -0.2) is 0 Å². The molecular weight excluding hydrogens is 344 g/mol. The van der Waals surface area contributed by atoms with Crippen LogP contribution in [0.1, 0.15) is 26.3 Å². The number of fused-ring (bicyclic) bond motifs is 1. The molecule has 0 aromatic heterocycles. The van der Waals surface area contributed by atoms with E-state index in [1.807, 2.05) is 39.0 Å². The molecule has 0 saturated carbocycles. The van der Waals surface area contributed by atoms with Gasteiger partial charge in [0.05, 0.1) is 29.7 Å². The molecule has 3 nitrogen and oxygen atoms in total. The number of halogens is 1. The maximum Gasteiger partial charge on any atom is 0.212 e. The van der Waals surface area contributed by atoms with Crippen LogP contribution in [0.2, 0.25) is 0 Å². The molecule has 0 amide bonds. The normalized spacial score (nSPS) is 29.7. The number of hydrogen-bond acceptors (Lipinski definition) is 3. The largest absolute Gasteiger partial charge is 0.496 e. The molecular formula is C18H21BrO3. The topological polar surface area (TPSA) is 27.7 Å². The smallest absolute Gasteiger partial charge is 0.212 e. The lowest BCUT2D eigenvalue weighted by molar-refractivity contribution is -0.177. The number of methoxy groups -OCH3 is 1. The fourth-order valence-electron chi connectivity index (χ4n) is 3.06. The van der Waals surface area contributed by atoms with Crippen molar-refractivity contribution in [1.82, 2.24) is 0 Å². The van der Waals surface area contributed by atoms with E-state index in [0.29, 0.717) is 0 Å². The van der Waals surface area contributed by atoms with E-state index in [9.17, 15) is 0 Å². The van der Waals surface area contributed by atoms with Gasteiger partial charge in [0.15, 0.2) is 0 Å².